The maximum Gasteiger partial charge on any atom is 0.110 e. The van der Waals surface area contributed by atoms with Crippen LogP contribution in [0.4, 0.5) is 0 Å². The quantitative estimate of drug-likeness (QED) is 0.802. The molecule has 1 aromatic heterocycles. The molecule has 1 aromatic carbocycles. The number of aryl methyl sites for hydroxylation is 1. The van der Waals surface area contributed by atoms with Gasteiger partial charge in [-0.25, -0.2) is 4.98 Å². The van der Waals surface area contributed by atoms with Gasteiger partial charge in [0.05, 0.1) is 0 Å². The van der Waals surface area contributed by atoms with Crippen molar-refractivity contribution in [2.75, 3.05) is 6.61 Å². The summed E-state index contributed by atoms with van der Waals surface area (Å²) in [5, 5.41) is 8.79. The van der Waals surface area contributed by atoms with Gasteiger partial charge in [0.25, 0.3) is 0 Å². The summed E-state index contributed by atoms with van der Waals surface area (Å²) in [7, 11) is 0. The average molecular weight is 216 g/mol. The fraction of sp³-hybridized carbons (Fsp3) is 0.308. The van der Waals surface area contributed by atoms with Crippen LogP contribution in [0, 0.1) is 0 Å². The van der Waals surface area contributed by atoms with Gasteiger partial charge in [0.1, 0.15) is 5.82 Å². The Balaban J connectivity index is 2.04. The molecule has 0 aliphatic heterocycles. The largest absolute Gasteiger partial charge is 0.396 e. The van der Waals surface area contributed by atoms with Crippen LogP contribution in [0.5, 0.6) is 0 Å². The molecule has 2 aromatic rings. The standard InChI is InChI=1S/C13H16N2O/c16-8-2-5-11-3-1-4-12(9-11)10-13-14-6-7-15-13/h1,3-4,6-7,9,16H,2,5,8,10H2,(H,14,15). The van der Waals surface area contributed by atoms with Crippen LogP contribution in [-0.2, 0) is 12.8 Å². The molecule has 84 valence electrons. The monoisotopic (exact) mass is 216 g/mol. The number of nitrogens with zero attached hydrogens (tertiary/aromatic N) is 1. The van der Waals surface area contributed by atoms with Gasteiger partial charge in [-0.05, 0) is 24.0 Å². The zero-order valence-electron chi connectivity index (χ0n) is 9.19. The number of H-pyrrole nitrogens is 1. The van der Waals surface area contributed by atoms with Crippen LogP contribution in [0.2, 0.25) is 0 Å². The number of aliphatic hydroxyl groups excluding tert-OH is 1. The van der Waals surface area contributed by atoms with Crippen LogP contribution in [0.3, 0.4) is 0 Å². The molecule has 0 atom stereocenters. The van der Waals surface area contributed by atoms with Crippen LogP contribution >= 0.6 is 0 Å². The highest BCUT2D eigenvalue weighted by molar-refractivity contribution is 5.25. The maximum atomic E-state index is 8.79. The minimum absolute atomic E-state index is 0.252. The predicted molar refractivity (Wildman–Crippen MR) is 63.2 cm³/mol. The molecule has 3 heteroatoms. The lowest BCUT2D eigenvalue weighted by Crippen LogP contribution is -1.94. The van der Waals surface area contributed by atoms with Crippen molar-refractivity contribution in [2.24, 2.45) is 0 Å². The smallest absolute Gasteiger partial charge is 0.110 e. The van der Waals surface area contributed by atoms with E-state index in [0.29, 0.717) is 0 Å². The van der Waals surface area contributed by atoms with E-state index >= 15 is 0 Å². The molecule has 0 bridgehead atoms. The van der Waals surface area contributed by atoms with Crippen molar-refractivity contribution in [3.63, 3.8) is 0 Å². The second-order valence-electron chi connectivity index (χ2n) is 3.86. The second-order valence-corrected chi connectivity index (χ2v) is 3.86. The summed E-state index contributed by atoms with van der Waals surface area (Å²) in [5.41, 5.74) is 2.53. The van der Waals surface area contributed by atoms with E-state index in [9.17, 15) is 0 Å². The summed E-state index contributed by atoms with van der Waals surface area (Å²) in [6.45, 7) is 0.252. The van der Waals surface area contributed by atoms with Gasteiger partial charge in [-0.15, -0.1) is 0 Å². The number of hydrogen-bond acceptors (Lipinski definition) is 2. The number of imidazole rings is 1. The van der Waals surface area contributed by atoms with E-state index in [1.54, 1.807) is 6.20 Å². The van der Waals surface area contributed by atoms with E-state index in [0.717, 1.165) is 25.1 Å². The van der Waals surface area contributed by atoms with E-state index in [2.05, 4.69) is 34.2 Å². The van der Waals surface area contributed by atoms with E-state index < -0.39 is 0 Å². The minimum Gasteiger partial charge on any atom is -0.396 e. The molecule has 1 heterocycles. The van der Waals surface area contributed by atoms with Gasteiger partial charge < -0.3 is 10.1 Å². The molecule has 0 aliphatic rings. The van der Waals surface area contributed by atoms with Crippen molar-refractivity contribution in [2.45, 2.75) is 19.3 Å². The summed E-state index contributed by atoms with van der Waals surface area (Å²) in [4.78, 5) is 7.30. The van der Waals surface area contributed by atoms with Gasteiger partial charge in [-0.3, -0.25) is 0 Å². The molecule has 0 radical (unpaired) electrons. The Morgan fingerprint density at radius 1 is 1.25 bits per heavy atom. The van der Waals surface area contributed by atoms with Crippen LogP contribution in [0.15, 0.2) is 36.7 Å². The Bertz CT molecular complexity index is 423. The normalized spacial score (nSPS) is 10.6. The van der Waals surface area contributed by atoms with E-state index in [4.69, 9.17) is 5.11 Å². The third-order valence-electron chi connectivity index (χ3n) is 2.54. The zero-order chi connectivity index (χ0) is 11.2. The molecule has 0 unspecified atom stereocenters. The van der Waals surface area contributed by atoms with Crippen LogP contribution < -0.4 is 0 Å². The number of aliphatic hydroxyl groups is 1. The van der Waals surface area contributed by atoms with Crippen LogP contribution in [0.25, 0.3) is 0 Å². The van der Waals surface area contributed by atoms with Crippen molar-refractivity contribution in [3.05, 3.63) is 53.6 Å². The topological polar surface area (TPSA) is 48.9 Å². The molecule has 16 heavy (non-hydrogen) atoms. The maximum absolute atomic E-state index is 8.79. The van der Waals surface area contributed by atoms with Gasteiger partial charge >= 0.3 is 0 Å². The average Bonchev–Trinajstić information content (AvgIpc) is 2.80. The second kappa shape index (κ2) is 5.47. The molecular formula is C13H16N2O. The molecular weight excluding hydrogens is 200 g/mol. The van der Waals surface area contributed by atoms with Crippen molar-refractivity contribution < 1.29 is 5.11 Å². The Morgan fingerprint density at radius 2 is 2.12 bits per heavy atom. The first-order valence-electron chi connectivity index (χ1n) is 5.55. The van der Waals surface area contributed by atoms with Crippen LogP contribution in [-0.4, -0.2) is 21.7 Å². The third-order valence-corrected chi connectivity index (χ3v) is 2.54. The summed E-state index contributed by atoms with van der Waals surface area (Å²) < 4.78 is 0. The first-order valence-corrected chi connectivity index (χ1v) is 5.55. The first-order chi connectivity index (χ1) is 7.88. The molecule has 0 saturated carbocycles. The summed E-state index contributed by atoms with van der Waals surface area (Å²) >= 11 is 0. The number of nitrogens with one attached hydrogen (secondary N) is 1. The first kappa shape index (κ1) is 10.9. The van der Waals surface area contributed by atoms with E-state index in [1.807, 2.05) is 6.20 Å². The Hall–Kier alpha value is -1.61. The number of hydrogen-bond donors (Lipinski definition) is 2. The zero-order valence-corrected chi connectivity index (χ0v) is 9.19. The number of rotatable bonds is 5. The summed E-state index contributed by atoms with van der Waals surface area (Å²) in [5.74, 6) is 0.985. The Labute approximate surface area is 95.2 Å². The van der Waals surface area contributed by atoms with Gasteiger partial charge in [-0.2, -0.15) is 0 Å². The predicted octanol–water partition coefficient (Wildman–Crippen LogP) is 1.93. The van der Waals surface area contributed by atoms with Crippen molar-refractivity contribution >= 4 is 0 Å². The Morgan fingerprint density at radius 3 is 2.88 bits per heavy atom. The SMILES string of the molecule is OCCCc1cccc(Cc2ncc[nH]2)c1. The molecule has 0 saturated heterocycles. The molecule has 0 aliphatic carbocycles. The fourth-order valence-electron chi connectivity index (χ4n) is 1.77. The van der Waals surface area contributed by atoms with E-state index in [1.165, 1.54) is 11.1 Å². The Kier molecular flexibility index (Phi) is 3.72. The van der Waals surface area contributed by atoms with Gasteiger partial charge in [0.15, 0.2) is 0 Å². The van der Waals surface area contributed by atoms with Gasteiger partial charge in [-0.1, -0.05) is 24.3 Å². The summed E-state index contributed by atoms with van der Waals surface area (Å²) in [6, 6.07) is 8.44. The number of aromatic amines is 1. The number of aromatic nitrogens is 2. The molecule has 2 N–H and O–H groups in total. The van der Waals surface area contributed by atoms with Crippen molar-refractivity contribution in [1.29, 1.82) is 0 Å². The van der Waals surface area contributed by atoms with Crippen molar-refractivity contribution in [1.82, 2.24) is 9.97 Å². The van der Waals surface area contributed by atoms with Crippen molar-refractivity contribution in [3.8, 4) is 0 Å². The molecule has 0 fully saturated rings. The van der Waals surface area contributed by atoms with E-state index in [-0.39, 0.29) is 6.61 Å². The van der Waals surface area contributed by atoms with Crippen LogP contribution in [0.1, 0.15) is 23.4 Å². The fourth-order valence-corrected chi connectivity index (χ4v) is 1.77. The molecule has 2 rings (SSSR count). The molecule has 3 nitrogen and oxygen atoms in total. The summed E-state index contributed by atoms with van der Waals surface area (Å²) in [6.07, 6.45) is 6.20. The lowest BCUT2D eigenvalue weighted by Gasteiger charge is -2.03. The van der Waals surface area contributed by atoms with Gasteiger partial charge in [0.2, 0.25) is 0 Å². The highest BCUT2D eigenvalue weighted by Crippen LogP contribution is 2.10. The number of benzene rings is 1. The highest BCUT2D eigenvalue weighted by atomic mass is 16.2. The lowest BCUT2D eigenvalue weighted by molar-refractivity contribution is 0.288. The molecule has 0 spiro atoms. The molecule has 0 amide bonds. The highest BCUT2D eigenvalue weighted by Gasteiger charge is 1.99. The lowest BCUT2D eigenvalue weighted by atomic mass is 10.0. The minimum atomic E-state index is 0.252. The van der Waals surface area contributed by atoms with Gasteiger partial charge in [0, 0.05) is 25.4 Å². The third kappa shape index (κ3) is 2.94.